The zero-order valence-electron chi connectivity index (χ0n) is 16.1. The summed E-state index contributed by atoms with van der Waals surface area (Å²) >= 11 is 0. The second kappa shape index (κ2) is 8.40. The largest absolute Gasteiger partial charge is 0.484 e. The van der Waals surface area contributed by atoms with E-state index in [1.54, 1.807) is 0 Å². The van der Waals surface area contributed by atoms with Gasteiger partial charge in [-0.05, 0) is 56.6 Å². The summed E-state index contributed by atoms with van der Waals surface area (Å²) in [6.45, 7) is 5.15. The molecule has 1 atom stereocenters. The van der Waals surface area contributed by atoms with Gasteiger partial charge in [-0.1, -0.05) is 36.4 Å². The Balaban J connectivity index is 1.57. The van der Waals surface area contributed by atoms with Gasteiger partial charge in [0, 0.05) is 18.2 Å². The molecule has 0 bridgehead atoms. The highest BCUT2D eigenvalue weighted by Gasteiger charge is 2.14. The van der Waals surface area contributed by atoms with Crippen LogP contribution < -0.4 is 10.3 Å². The number of H-pyrrole nitrogens is 1. The first kappa shape index (κ1) is 18.4. The van der Waals surface area contributed by atoms with E-state index in [1.807, 2.05) is 49.4 Å². The molecule has 4 rings (SSSR count). The highest BCUT2D eigenvalue weighted by atomic mass is 16.5. The van der Waals surface area contributed by atoms with Gasteiger partial charge in [0.05, 0.1) is 5.69 Å². The molecule has 0 unspecified atom stereocenters. The third-order valence-electron chi connectivity index (χ3n) is 5.04. The minimum Gasteiger partial charge on any atom is -0.484 e. The Morgan fingerprint density at radius 2 is 1.86 bits per heavy atom. The van der Waals surface area contributed by atoms with Crippen molar-refractivity contribution < 1.29 is 4.74 Å². The molecule has 5 nitrogen and oxygen atoms in total. The summed E-state index contributed by atoms with van der Waals surface area (Å²) in [4.78, 5) is 22.3. The second-order valence-electron chi connectivity index (χ2n) is 7.28. The summed E-state index contributed by atoms with van der Waals surface area (Å²) in [6, 6.07) is 19.3. The van der Waals surface area contributed by atoms with E-state index in [9.17, 15) is 4.79 Å². The molecule has 1 N–H and O–H groups in total. The number of benzene rings is 2. The maximum atomic E-state index is 12.2. The van der Waals surface area contributed by atoms with Gasteiger partial charge >= 0.3 is 0 Å². The molecule has 0 spiro atoms. The molecule has 0 radical (unpaired) electrons. The van der Waals surface area contributed by atoms with E-state index in [1.165, 1.54) is 24.5 Å². The first-order valence-corrected chi connectivity index (χ1v) is 9.82. The van der Waals surface area contributed by atoms with Crippen molar-refractivity contribution in [3.63, 3.8) is 0 Å². The molecule has 2 heterocycles. The minimum absolute atomic E-state index is 0.173. The van der Waals surface area contributed by atoms with Crippen LogP contribution in [0, 0.1) is 0 Å². The normalized spacial score (nSPS) is 15.5. The van der Waals surface area contributed by atoms with Gasteiger partial charge in [0.2, 0.25) is 0 Å². The van der Waals surface area contributed by atoms with Gasteiger partial charge < -0.3 is 9.72 Å². The molecular weight excluding hydrogens is 350 g/mol. The molecule has 3 aromatic rings. The molecule has 2 aromatic carbocycles. The lowest BCUT2D eigenvalue weighted by Gasteiger charge is -2.16. The number of aromatic nitrogens is 2. The molecule has 1 saturated heterocycles. The van der Waals surface area contributed by atoms with Gasteiger partial charge in [-0.2, -0.15) is 0 Å². The van der Waals surface area contributed by atoms with Gasteiger partial charge in [-0.3, -0.25) is 9.69 Å². The molecule has 28 heavy (non-hydrogen) atoms. The summed E-state index contributed by atoms with van der Waals surface area (Å²) in [5, 5.41) is 0. The van der Waals surface area contributed by atoms with Crippen molar-refractivity contribution in [3.05, 3.63) is 82.3 Å². The molecule has 0 amide bonds. The standard InChI is InChI=1S/C23H25N3O2/c1-17(28-20-10-3-2-4-11-20)21-15-22(27)25-23(24-21)19-9-7-8-18(14-19)16-26-12-5-6-13-26/h2-4,7-11,14-15,17H,5-6,12-13,16H2,1H3,(H,24,25,27)/t17-/m1/s1. The molecular formula is C23H25N3O2. The van der Waals surface area contributed by atoms with E-state index in [0.717, 1.165) is 30.9 Å². The van der Waals surface area contributed by atoms with Crippen LogP contribution in [0.15, 0.2) is 65.5 Å². The maximum absolute atomic E-state index is 12.2. The number of hydrogen-bond acceptors (Lipinski definition) is 4. The summed E-state index contributed by atoms with van der Waals surface area (Å²) in [5.41, 5.74) is 2.60. The van der Waals surface area contributed by atoms with E-state index in [2.05, 4.69) is 27.0 Å². The van der Waals surface area contributed by atoms with Gasteiger partial charge in [-0.25, -0.2) is 4.98 Å². The van der Waals surface area contributed by atoms with E-state index in [-0.39, 0.29) is 11.7 Å². The van der Waals surface area contributed by atoms with E-state index in [4.69, 9.17) is 4.74 Å². The van der Waals surface area contributed by atoms with Crippen molar-refractivity contribution in [3.8, 4) is 17.1 Å². The number of nitrogens with one attached hydrogen (secondary N) is 1. The van der Waals surface area contributed by atoms with Crippen LogP contribution in [0.4, 0.5) is 0 Å². The monoisotopic (exact) mass is 375 g/mol. The van der Waals surface area contributed by atoms with E-state index in [0.29, 0.717) is 11.5 Å². The molecule has 1 aliphatic heterocycles. The summed E-state index contributed by atoms with van der Waals surface area (Å²) in [7, 11) is 0. The van der Waals surface area contributed by atoms with Crippen molar-refractivity contribution in [1.29, 1.82) is 0 Å². The van der Waals surface area contributed by atoms with E-state index >= 15 is 0 Å². The molecule has 0 saturated carbocycles. The van der Waals surface area contributed by atoms with Crippen LogP contribution in [0.5, 0.6) is 5.75 Å². The van der Waals surface area contributed by atoms with Crippen LogP contribution in [0.2, 0.25) is 0 Å². The predicted octanol–water partition coefficient (Wildman–Crippen LogP) is 4.17. The maximum Gasteiger partial charge on any atom is 0.251 e. The fourth-order valence-corrected chi connectivity index (χ4v) is 3.60. The van der Waals surface area contributed by atoms with Crippen LogP contribution in [-0.2, 0) is 6.54 Å². The van der Waals surface area contributed by atoms with Crippen molar-refractivity contribution in [2.75, 3.05) is 13.1 Å². The summed E-state index contributed by atoms with van der Waals surface area (Å²) in [5.74, 6) is 1.33. The van der Waals surface area contributed by atoms with Crippen molar-refractivity contribution >= 4 is 0 Å². The number of hydrogen-bond donors (Lipinski definition) is 1. The second-order valence-corrected chi connectivity index (χ2v) is 7.28. The number of nitrogens with zero attached hydrogens (tertiary/aromatic N) is 2. The lowest BCUT2D eigenvalue weighted by atomic mass is 10.1. The fourth-order valence-electron chi connectivity index (χ4n) is 3.60. The quantitative estimate of drug-likeness (QED) is 0.702. The Labute approximate surface area is 165 Å². The van der Waals surface area contributed by atoms with Gasteiger partial charge in [0.25, 0.3) is 5.56 Å². The van der Waals surface area contributed by atoms with Gasteiger partial charge in [0.1, 0.15) is 17.7 Å². The Hall–Kier alpha value is -2.92. The third-order valence-corrected chi connectivity index (χ3v) is 5.04. The fraction of sp³-hybridized carbons (Fsp3) is 0.304. The SMILES string of the molecule is C[C@@H](Oc1ccccc1)c1cc(=O)[nH]c(-c2cccc(CN3CCCC3)c2)n1. The Kier molecular flexibility index (Phi) is 5.53. The van der Waals surface area contributed by atoms with Crippen LogP contribution in [0.3, 0.4) is 0 Å². The number of aromatic amines is 1. The first-order valence-electron chi connectivity index (χ1n) is 9.82. The zero-order valence-corrected chi connectivity index (χ0v) is 16.1. The highest BCUT2D eigenvalue weighted by molar-refractivity contribution is 5.56. The molecule has 0 aliphatic carbocycles. The Bertz CT molecular complexity index is 978. The number of likely N-dealkylation sites (tertiary alicyclic amines) is 1. The third kappa shape index (κ3) is 4.49. The molecule has 144 valence electrons. The van der Waals surface area contributed by atoms with Gasteiger partial charge in [0.15, 0.2) is 0 Å². The average Bonchev–Trinajstić information content (AvgIpc) is 3.21. The van der Waals surface area contributed by atoms with Crippen molar-refractivity contribution in [1.82, 2.24) is 14.9 Å². The summed E-state index contributed by atoms with van der Waals surface area (Å²) in [6.07, 6.45) is 2.22. The predicted molar refractivity (Wildman–Crippen MR) is 110 cm³/mol. The number of para-hydroxylation sites is 1. The minimum atomic E-state index is -0.323. The number of rotatable bonds is 6. The topological polar surface area (TPSA) is 58.2 Å². The zero-order chi connectivity index (χ0) is 19.3. The lowest BCUT2D eigenvalue weighted by molar-refractivity contribution is 0.221. The van der Waals surface area contributed by atoms with E-state index < -0.39 is 0 Å². The average molecular weight is 375 g/mol. The number of ether oxygens (including phenoxy) is 1. The highest BCUT2D eigenvalue weighted by Crippen LogP contribution is 2.22. The van der Waals surface area contributed by atoms with Crippen LogP contribution in [-0.4, -0.2) is 28.0 Å². The van der Waals surface area contributed by atoms with Crippen LogP contribution in [0.25, 0.3) is 11.4 Å². The molecule has 1 fully saturated rings. The first-order chi connectivity index (χ1) is 13.7. The van der Waals surface area contributed by atoms with Crippen LogP contribution in [0.1, 0.15) is 37.1 Å². The van der Waals surface area contributed by atoms with Crippen LogP contribution >= 0.6 is 0 Å². The van der Waals surface area contributed by atoms with Crippen molar-refractivity contribution in [2.24, 2.45) is 0 Å². The Morgan fingerprint density at radius 3 is 2.64 bits per heavy atom. The summed E-state index contributed by atoms with van der Waals surface area (Å²) < 4.78 is 5.94. The van der Waals surface area contributed by atoms with Crippen molar-refractivity contribution in [2.45, 2.75) is 32.4 Å². The molecule has 5 heteroatoms. The smallest absolute Gasteiger partial charge is 0.251 e. The lowest BCUT2D eigenvalue weighted by Crippen LogP contribution is -2.18. The molecule has 1 aromatic heterocycles. The molecule has 1 aliphatic rings. The van der Waals surface area contributed by atoms with Gasteiger partial charge in [-0.15, -0.1) is 0 Å². The Morgan fingerprint density at radius 1 is 1.07 bits per heavy atom.